The van der Waals surface area contributed by atoms with Crippen LogP contribution in [0.1, 0.15) is 21.5 Å². The molecule has 2 rings (SSSR count). The summed E-state index contributed by atoms with van der Waals surface area (Å²) >= 11 is 0. The maximum atomic E-state index is 12.5. The molecule has 0 heterocycles. The molecule has 0 aromatic heterocycles. The van der Waals surface area contributed by atoms with Crippen molar-refractivity contribution in [2.75, 3.05) is 11.0 Å². The molecule has 0 bridgehead atoms. The predicted molar refractivity (Wildman–Crippen MR) is 91.7 cm³/mol. The van der Waals surface area contributed by atoms with E-state index in [1.54, 1.807) is 12.1 Å². The van der Waals surface area contributed by atoms with E-state index < -0.39 is 19.9 Å². The van der Waals surface area contributed by atoms with E-state index in [2.05, 4.69) is 4.72 Å². The highest BCUT2D eigenvalue weighted by Gasteiger charge is 2.18. The topological polar surface area (TPSA) is 97.4 Å². The summed E-state index contributed by atoms with van der Waals surface area (Å²) in [7, 11) is -7.35. The fraction of sp³-hybridized carbons (Fsp3) is 0.188. The summed E-state index contributed by atoms with van der Waals surface area (Å²) < 4.78 is 50.1. The van der Waals surface area contributed by atoms with Crippen LogP contribution >= 0.6 is 0 Å². The molecule has 0 fully saturated rings. The van der Waals surface area contributed by atoms with Crippen molar-refractivity contribution in [3.63, 3.8) is 0 Å². The molecule has 0 unspecified atom stereocenters. The van der Waals surface area contributed by atoms with Crippen LogP contribution in [-0.4, -0.2) is 29.4 Å². The van der Waals surface area contributed by atoms with Crippen molar-refractivity contribution in [1.29, 1.82) is 0 Å². The van der Waals surface area contributed by atoms with E-state index >= 15 is 0 Å². The molecule has 6 nitrogen and oxygen atoms in total. The maximum absolute atomic E-state index is 12.5. The van der Waals surface area contributed by atoms with E-state index in [9.17, 15) is 21.6 Å². The van der Waals surface area contributed by atoms with E-state index in [4.69, 9.17) is 0 Å². The summed E-state index contributed by atoms with van der Waals surface area (Å²) in [6.07, 6.45) is 1.62. The van der Waals surface area contributed by atoms with Gasteiger partial charge in [-0.25, -0.2) is 16.8 Å². The van der Waals surface area contributed by atoms with E-state index in [1.165, 1.54) is 24.3 Å². The second-order valence-electron chi connectivity index (χ2n) is 5.49. The van der Waals surface area contributed by atoms with Gasteiger partial charge in [0.25, 0.3) is 10.0 Å². The third-order valence-corrected chi connectivity index (χ3v) is 6.11. The molecule has 0 radical (unpaired) electrons. The highest BCUT2D eigenvalue weighted by atomic mass is 32.2. The Balaban J connectivity index is 2.42. The number of benzene rings is 2. The number of carbonyl (C=O) groups is 1. The molecule has 1 N–H and O–H groups in total. The Kier molecular flexibility index (Phi) is 4.82. The third kappa shape index (κ3) is 3.82. The van der Waals surface area contributed by atoms with Gasteiger partial charge in [-0.1, -0.05) is 0 Å². The lowest BCUT2D eigenvalue weighted by molar-refractivity contribution is 0.112. The highest BCUT2D eigenvalue weighted by molar-refractivity contribution is 7.92. The average molecular weight is 367 g/mol. The Morgan fingerprint density at radius 1 is 0.875 bits per heavy atom. The van der Waals surface area contributed by atoms with Gasteiger partial charge < -0.3 is 0 Å². The van der Waals surface area contributed by atoms with Crippen LogP contribution in [0.3, 0.4) is 0 Å². The zero-order valence-corrected chi connectivity index (χ0v) is 15.0. The summed E-state index contributed by atoms with van der Waals surface area (Å²) in [5.74, 6) is 0. The standard InChI is InChI=1S/C16H17NO5S2/c1-11-8-13(10-18)16(9-12(11)2)17-24(21,22)15-6-4-14(5-7-15)23(3,19)20/h4-10,17H,1-3H3. The van der Waals surface area contributed by atoms with Gasteiger partial charge in [-0.3, -0.25) is 9.52 Å². The SMILES string of the molecule is Cc1cc(C=O)c(NS(=O)(=O)c2ccc(S(C)(=O)=O)cc2)cc1C. The second-order valence-corrected chi connectivity index (χ2v) is 9.19. The van der Waals surface area contributed by atoms with Crippen LogP contribution in [-0.2, 0) is 19.9 Å². The smallest absolute Gasteiger partial charge is 0.261 e. The van der Waals surface area contributed by atoms with Gasteiger partial charge in [-0.05, 0) is 61.4 Å². The second kappa shape index (κ2) is 6.37. The molecule has 24 heavy (non-hydrogen) atoms. The quantitative estimate of drug-likeness (QED) is 0.818. The van der Waals surface area contributed by atoms with Crippen LogP contribution in [0.15, 0.2) is 46.2 Å². The minimum absolute atomic E-state index is 0.0289. The Morgan fingerprint density at radius 3 is 1.88 bits per heavy atom. The van der Waals surface area contributed by atoms with Gasteiger partial charge in [0.15, 0.2) is 16.1 Å². The number of aryl methyl sites for hydroxylation is 2. The van der Waals surface area contributed by atoms with Gasteiger partial charge >= 0.3 is 0 Å². The van der Waals surface area contributed by atoms with Gasteiger partial charge in [0.05, 0.1) is 15.5 Å². The summed E-state index contributed by atoms with van der Waals surface area (Å²) in [6, 6.07) is 8.06. The van der Waals surface area contributed by atoms with Crippen LogP contribution in [0.4, 0.5) is 5.69 Å². The molecular weight excluding hydrogens is 350 g/mol. The average Bonchev–Trinajstić information content (AvgIpc) is 2.49. The number of nitrogens with one attached hydrogen (secondary N) is 1. The number of hydrogen-bond acceptors (Lipinski definition) is 5. The molecule has 0 saturated heterocycles. The maximum Gasteiger partial charge on any atom is 0.261 e. The number of aldehydes is 1. The first-order chi connectivity index (χ1) is 11.0. The molecule has 0 amide bonds. The number of sulfonamides is 1. The first-order valence-electron chi connectivity index (χ1n) is 6.94. The number of sulfone groups is 1. The summed E-state index contributed by atoms with van der Waals surface area (Å²) in [5, 5.41) is 0. The van der Waals surface area contributed by atoms with Gasteiger partial charge in [-0.2, -0.15) is 0 Å². The molecule has 0 aliphatic heterocycles. The first kappa shape index (κ1) is 18.2. The Morgan fingerprint density at radius 2 is 1.38 bits per heavy atom. The zero-order valence-electron chi connectivity index (χ0n) is 13.4. The van der Waals surface area contributed by atoms with Gasteiger partial charge in [0.2, 0.25) is 0 Å². The van der Waals surface area contributed by atoms with Crippen molar-refractivity contribution in [3.05, 3.63) is 53.1 Å². The fourth-order valence-corrected chi connectivity index (χ4v) is 3.80. The number of anilines is 1. The Hall–Kier alpha value is -2.19. The molecular formula is C16H17NO5S2. The molecule has 0 aliphatic carbocycles. The summed E-state index contributed by atoms with van der Waals surface area (Å²) in [4.78, 5) is 11.1. The van der Waals surface area contributed by atoms with Crippen molar-refractivity contribution in [1.82, 2.24) is 0 Å². The van der Waals surface area contributed by atoms with Crippen molar-refractivity contribution in [2.45, 2.75) is 23.6 Å². The van der Waals surface area contributed by atoms with Crippen molar-refractivity contribution in [3.8, 4) is 0 Å². The van der Waals surface area contributed by atoms with Gasteiger partial charge in [0.1, 0.15) is 0 Å². The molecule has 8 heteroatoms. The van der Waals surface area contributed by atoms with Crippen LogP contribution in [0.5, 0.6) is 0 Å². The Labute approximate surface area is 141 Å². The van der Waals surface area contributed by atoms with Crippen LogP contribution in [0.2, 0.25) is 0 Å². The zero-order chi connectivity index (χ0) is 18.1. The molecule has 0 saturated carbocycles. The lowest BCUT2D eigenvalue weighted by Gasteiger charge is -2.12. The predicted octanol–water partition coefficient (Wildman–Crippen LogP) is 2.32. The van der Waals surface area contributed by atoms with Gasteiger partial charge in [0, 0.05) is 11.8 Å². The lowest BCUT2D eigenvalue weighted by atomic mass is 10.1. The molecule has 0 spiro atoms. The highest BCUT2D eigenvalue weighted by Crippen LogP contribution is 2.23. The van der Waals surface area contributed by atoms with E-state index in [0.29, 0.717) is 6.29 Å². The monoisotopic (exact) mass is 367 g/mol. The Bertz CT molecular complexity index is 992. The molecule has 2 aromatic rings. The van der Waals surface area contributed by atoms with Crippen molar-refractivity contribution < 1.29 is 21.6 Å². The van der Waals surface area contributed by atoms with Crippen LogP contribution in [0.25, 0.3) is 0 Å². The number of carbonyl (C=O) groups excluding carboxylic acids is 1. The largest absolute Gasteiger partial charge is 0.298 e. The minimum atomic E-state index is -3.94. The van der Waals surface area contributed by atoms with E-state index in [-0.39, 0.29) is 21.0 Å². The minimum Gasteiger partial charge on any atom is -0.298 e. The normalized spacial score (nSPS) is 12.0. The lowest BCUT2D eigenvalue weighted by Crippen LogP contribution is -2.14. The summed E-state index contributed by atoms with van der Waals surface area (Å²) in [5.41, 5.74) is 2.12. The molecule has 128 valence electrons. The summed E-state index contributed by atoms with van der Waals surface area (Å²) in [6.45, 7) is 3.63. The van der Waals surface area contributed by atoms with Crippen molar-refractivity contribution >= 4 is 31.8 Å². The first-order valence-corrected chi connectivity index (χ1v) is 10.3. The van der Waals surface area contributed by atoms with Crippen molar-refractivity contribution in [2.24, 2.45) is 0 Å². The number of hydrogen-bond donors (Lipinski definition) is 1. The van der Waals surface area contributed by atoms with Gasteiger partial charge in [-0.15, -0.1) is 0 Å². The fourth-order valence-electron chi connectivity index (χ4n) is 2.09. The molecule has 0 aliphatic rings. The molecule has 0 atom stereocenters. The van der Waals surface area contributed by atoms with E-state index in [0.717, 1.165) is 17.4 Å². The number of rotatable bonds is 5. The van der Waals surface area contributed by atoms with Crippen LogP contribution < -0.4 is 4.72 Å². The van der Waals surface area contributed by atoms with E-state index in [1.807, 2.05) is 13.8 Å². The van der Waals surface area contributed by atoms with Crippen LogP contribution in [0, 0.1) is 13.8 Å². The molecule has 2 aromatic carbocycles. The third-order valence-electron chi connectivity index (χ3n) is 3.60.